The molecule has 0 radical (unpaired) electrons. The molecule has 0 saturated carbocycles. The SMILES string of the molecule is O=C(O)C(=O)OC1CCN(CCCOc2ccc(C(=O)c3ccccc3)cc2)CC1. The molecular weight excluding hydrogens is 386 g/mol. The zero-order valence-electron chi connectivity index (χ0n) is 16.7. The van der Waals surface area contributed by atoms with E-state index in [4.69, 9.17) is 14.6 Å². The summed E-state index contributed by atoms with van der Waals surface area (Å²) in [4.78, 5) is 36.3. The van der Waals surface area contributed by atoms with E-state index >= 15 is 0 Å². The first kappa shape index (κ1) is 21.5. The van der Waals surface area contributed by atoms with Crippen LogP contribution in [0.2, 0.25) is 0 Å². The molecule has 0 amide bonds. The molecule has 30 heavy (non-hydrogen) atoms. The average Bonchev–Trinajstić information content (AvgIpc) is 2.78. The van der Waals surface area contributed by atoms with Crippen molar-refractivity contribution in [3.63, 3.8) is 0 Å². The van der Waals surface area contributed by atoms with Crippen LogP contribution in [0.25, 0.3) is 0 Å². The molecular formula is C23H25NO6. The van der Waals surface area contributed by atoms with Crippen LogP contribution in [0.1, 0.15) is 35.2 Å². The second kappa shape index (κ2) is 10.5. The van der Waals surface area contributed by atoms with Crippen molar-refractivity contribution in [2.75, 3.05) is 26.2 Å². The lowest BCUT2D eigenvalue weighted by molar-refractivity contribution is -0.168. The van der Waals surface area contributed by atoms with E-state index in [1.165, 1.54) is 0 Å². The van der Waals surface area contributed by atoms with E-state index in [2.05, 4.69) is 4.90 Å². The van der Waals surface area contributed by atoms with E-state index < -0.39 is 11.9 Å². The Bertz CT molecular complexity index is 857. The normalized spacial score (nSPS) is 14.8. The number of carbonyl (C=O) groups excluding carboxylic acids is 2. The number of carboxylic acids is 1. The van der Waals surface area contributed by atoms with Gasteiger partial charge in [-0.05, 0) is 43.5 Å². The van der Waals surface area contributed by atoms with Crippen LogP contribution in [0.3, 0.4) is 0 Å². The molecule has 2 aromatic carbocycles. The van der Waals surface area contributed by atoms with Gasteiger partial charge >= 0.3 is 11.9 Å². The summed E-state index contributed by atoms with van der Waals surface area (Å²) in [5.41, 5.74) is 1.28. The van der Waals surface area contributed by atoms with Gasteiger partial charge < -0.3 is 19.5 Å². The van der Waals surface area contributed by atoms with Gasteiger partial charge in [0.15, 0.2) is 5.78 Å². The number of esters is 1. The highest BCUT2D eigenvalue weighted by Gasteiger charge is 2.24. The predicted molar refractivity (Wildman–Crippen MR) is 110 cm³/mol. The number of piperidine rings is 1. The van der Waals surface area contributed by atoms with Crippen molar-refractivity contribution in [1.82, 2.24) is 4.90 Å². The van der Waals surface area contributed by atoms with Crippen molar-refractivity contribution in [3.05, 3.63) is 65.7 Å². The fourth-order valence-corrected chi connectivity index (χ4v) is 3.39. The Labute approximate surface area is 175 Å². The van der Waals surface area contributed by atoms with Crippen molar-refractivity contribution >= 4 is 17.7 Å². The van der Waals surface area contributed by atoms with Crippen molar-refractivity contribution in [1.29, 1.82) is 0 Å². The fraction of sp³-hybridized carbons (Fsp3) is 0.348. The van der Waals surface area contributed by atoms with Crippen molar-refractivity contribution < 1.29 is 29.0 Å². The molecule has 1 N–H and O–H groups in total. The highest BCUT2D eigenvalue weighted by atomic mass is 16.6. The summed E-state index contributed by atoms with van der Waals surface area (Å²) >= 11 is 0. The van der Waals surface area contributed by atoms with Gasteiger partial charge in [0.25, 0.3) is 0 Å². The van der Waals surface area contributed by atoms with Gasteiger partial charge in [0.2, 0.25) is 0 Å². The van der Waals surface area contributed by atoms with Gasteiger partial charge in [-0.2, -0.15) is 0 Å². The monoisotopic (exact) mass is 411 g/mol. The minimum Gasteiger partial charge on any atom is -0.494 e. The van der Waals surface area contributed by atoms with Crippen LogP contribution in [-0.4, -0.2) is 60.1 Å². The smallest absolute Gasteiger partial charge is 0.417 e. The molecule has 0 unspecified atom stereocenters. The van der Waals surface area contributed by atoms with Crippen LogP contribution in [-0.2, 0) is 14.3 Å². The van der Waals surface area contributed by atoms with Gasteiger partial charge in [0, 0.05) is 30.8 Å². The van der Waals surface area contributed by atoms with Crippen LogP contribution < -0.4 is 4.74 Å². The minimum absolute atomic E-state index is 0.0143. The molecule has 158 valence electrons. The summed E-state index contributed by atoms with van der Waals surface area (Å²) < 4.78 is 10.7. The predicted octanol–water partition coefficient (Wildman–Crippen LogP) is 2.78. The third-order valence-corrected chi connectivity index (χ3v) is 5.02. The van der Waals surface area contributed by atoms with E-state index in [1.54, 1.807) is 36.4 Å². The zero-order valence-corrected chi connectivity index (χ0v) is 16.7. The van der Waals surface area contributed by atoms with Crippen LogP contribution in [0.15, 0.2) is 54.6 Å². The van der Waals surface area contributed by atoms with Crippen LogP contribution >= 0.6 is 0 Å². The maximum absolute atomic E-state index is 12.4. The average molecular weight is 411 g/mol. The Morgan fingerprint density at radius 2 is 1.57 bits per heavy atom. The molecule has 1 aliphatic rings. The van der Waals surface area contributed by atoms with Gasteiger partial charge in [0.1, 0.15) is 11.9 Å². The minimum atomic E-state index is -1.55. The highest BCUT2D eigenvalue weighted by Crippen LogP contribution is 2.17. The molecule has 0 spiro atoms. The molecule has 7 nitrogen and oxygen atoms in total. The number of hydrogen-bond acceptors (Lipinski definition) is 6. The lowest BCUT2D eigenvalue weighted by Gasteiger charge is -2.31. The molecule has 7 heteroatoms. The van der Waals surface area contributed by atoms with Gasteiger partial charge in [-0.3, -0.25) is 4.79 Å². The van der Waals surface area contributed by atoms with E-state index in [0.717, 1.165) is 31.8 Å². The van der Waals surface area contributed by atoms with E-state index in [-0.39, 0.29) is 11.9 Å². The molecule has 1 heterocycles. The lowest BCUT2D eigenvalue weighted by atomic mass is 10.0. The molecule has 0 atom stereocenters. The molecule has 1 saturated heterocycles. The Hall–Kier alpha value is -3.19. The third-order valence-electron chi connectivity index (χ3n) is 5.02. The van der Waals surface area contributed by atoms with Crippen LogP contribution in [0, 0.1) is 0 Å². The highest BCUT2D eigenvalue weighted by molar-refractivity contribution is 6.28. The standard InChI is InChI=1S/C23H25NO6/c25-21(17-5-2-1-3-6-17)18-7-9-19(10-8-18)29-16-4-13-24-14-11-20(12-15-24)30-23(28)22(26)27/h1-3,5-10,20H,4,11-16H2,(H,26,27). The number of carboxylic acid groups (broad SMARTS) is 1. The molecule has 1 aliphatic heterocycles. The summed E-state index contributed by atoms with van der Waals surface area (Å²) in [5, 5.41) is 8.58. The number of rotatable bonds is 8. The number of aliphatic carboxylic acids is 1. The van der Waals surface area contributed by atoms with E-state index in [9.17, 15) is 14.4 Å². The molecule has 2 aromatic rings. The van der Waals surface area contributed by atoms with Crippen molar-refractivity contribution in [2.45, 2.75) is 25.4 Å². The molecule has 3 rings (SSSR count). The van der Waals surface area contributed by atoms with E-state index in [1.807, 2.05) is 18.2 Å². The summed E-state index contributed by atoms with van der Waals surface area (Å²) in [7, 11) is 0. The maximum Gasteiger partial charge on any atom is 0.417 e. The Kier molecular flexibility index (Phi) is 7.57. The second-order valence-corrected chi connectivity index (χ2v) is 7.17. The van der Waals surface area contributed by atoms with E-state index in [0.29, 0.717) is 30.6 Å². The van der Waals surface area contributed by atoms with Gasteiger partial charge in [-0.25, -0.2) is 9.59 Å². The van der Waals surface area contributed by atoms with Gasteiger partial charge in [0.05, 0.1) is 6.61 Å². The first-order valence-electron chi connectivity index (χ1n) is 10.0. The van der Waals surface area contributed by atoms with Crippen LogP contribution in [0.5, 0.6) is 5.75 Å². The maximum atomic E-state index is 12.4. The summed E-state index contributed by atoms with van der Waals surface area (Å²) in [6.07, 6.45) is 1.79. The molecule has 0 aromatic heterocycles. The third kappa shape index (κ3) is 6.15. The topological polar surface area (TPSA) is 93.1 Å². The first-order chi connectivity index (χ1) is 14.5. The van der Waals surface area contributed by atoms with Crippen molar-refractivity contribution in [3.8, 4) is 5.75 Å². The summed E-state index contributed by atoms with van der Waals surface area (Å²) in [6, 6.07) is 16.3. The number of carbonyl (C=O) groups is 3. The number of benzene rings is 2. The summed E-state index contributed by atoms with van der Waals surface area (Å²) in [6.45, 7) is 2.92. The fourth-order valence-electron chi connectivity index (χ4n) is 3.39. The lowest BCUT2D eigenvalue weighted by Crippen LogP contribution is -2.39. The number of nitrogens with zero attached hydrogens (tertiary/aromatic N) is 1. The quantitative estimate of drug-likeness (QED) is 0.309. The number of ketones is 1. The first-order valence-corrected chi connectivity index (χ1v) is 10.0. The second-order valence-electron chi connectivity index (χ2n) is 7.17. The number of ether oxygens (including phenoxy) is 2. The Morgan fingerprint density at radius 1 is 0.933 bits per heavy atom. The van der Waals surface area contributed by atoms with Crippen LogP contribution in [0.4, 0.5) is 0 Å². The van der Waals surface area contributed by atoms with Gasteiger partial charge in [-0.15, -0.1) is 0 Å². The zero-order chi connectivity index (χ0) is 21.3. The van der Waals surface area contributed by atoms with Crippen molar-refractivity contribution in [2.24, 2.45) is 0 Å². The number of hydrogen-bond donors (Lipinski definition) is 1. The number of likely N-dealkylation sites (tertiary alicyclic amines) is 1. The Balaban J connectivity index is 1.35. The molecule has 1 fully saturated rings. The largest absolute Gasteiger partial charge is 0.494 e. The molecule has 0 bridgehead atoms. The Morgan fingerprint density at radius 3 is 2.20 bits per heavy atom. The summed E-state index contributed by atoms with van der Waals surface area (Å²) in [5.74, 6) is -2.02. The molecule has 0 aliphatic carbocycles. The van der Waals surface area contributed by atoms with Gasteiger partial charge in [-0.1, -0.05) is 30.3 Å².